The highest BCUT2D eigenvalue weighted by Crippen LogP contribution is 2.21. The lowest BCUT2D eigenvalue weighted by atomic mass is 10.2. The number of carbonyl (C=O) groups excluding carboxylic acids is 1. The van der Waals surface area contributed by atoms with Crippen LogP contribution in [-0.2, 0) is 10.0 Å². The molecule has 1 aromatic rings. The van der Waals surface area contributed by atoms with Crippen molar-refractivity contribution in [2.75, 3.05) is 46.3 Å². The standard InChI is InChI=1S/C16H22N4O3S/c1-13(21)14-3-5-15(6-4-14)24(22,23)20-8-7-17-16(20)19-11-9-18(2)10-12-19/h3-6H,7-12H2,1-2H3. The third kappa shape index (κ3) is 3.16. The van der Waals surface area contributed by atoms with E-state index in [1.807, 2.05) is 4.90 Å². The van der Waals surface area contributed by atoms with Crippen LogP contribution in [0.15, 0.2) is 34.2 Å². The predicted molar refractivity (Wildman–Crippen MR) is 91.7 cm³/mol. The molecule has 0 unspecified atom stereocenters. The first kappa shape index (κ1) is 16.9. The fraction of sp³-hybridized carbons (Fsp3) is 0.500. The van der Waals surface area contributed by atoms with Crippen molar-refractivity contribution >= 4 is 21.8 Å². The molecule has 0 bridgehead atoms. The normalized spacial score (nSPS) is 19.5. The minimum atomic E-state index is -3.66. The van der Waals surface area contributed by atoms with Crippen LogP contribution >= 0.6 is 0 Å². The topological polar surface area (TPSA) is 73.3 Å². The maximum atomic E-state index is 13.0. The Bertz CT molecular complexity index is 750. The second kappa shape index (κ2) is 6.52. The minimum Gasteiger partial charge on any atom is -0.339 e. The van der Waals surface area contributed by atoms with Crippen molar-refractivity contribution in [2.24, 2.45) is 4.99 Å². The maximum Gasteiger partial charge on any atom is 0.266 e. The molecule has 0 radical (unpaired) electrons. The predicted octanol–water partition coefficient (Wildman–Crippen LogP) is 0.497. The van der Waals surface area contributed by atoms with Gasteiger partial charge in [0, 0.05) is 31.7 Å². The fourth-order valence-corrected chi connectivity index (χ4v) is 4.35. The van der Waals surface area contributed by atoms with Crippen LogP contribution in [0.2, 0.25) is 0 Å². The zero-order chi connectivity index (χ0) is 17.3. The van der Waals surface area contributed by atoms with Gasteiger partial charge < -0.3 is 9.80 Å². The molecule has 2 heterocycles. The van der Waals surface area contributed by atoms with E-state index in [0.717, 1.165) is 26.2 Å². The van der Waals surface area contributed by atoms with Gasteiger partial charge in [0.2, 0.25) is 5.96 Å². The van der Waals surface area contributed by atoms with Gasteiger partial charge in [0.25, 0.3) is 10.0 Å². The molecule has 0 amide bonds. The van der Waals surface area contributed by atoms with Gasteiger partial charge in [0.05, 0.1) is 18.0 Å². The summed E-state index contributed by atoms with van der Waals surface area (Å²) in [5.41, 5.74) is 0.503. The van der Waals surface area contributed by atoms with Gasteiger partial charge >= 0.3 is 0 Å². The molecule has 7 nitrogen and oxygen atoms in total. The fourth-order valence-electron chi connectivity index (χ4n) is 2.90. The molecule has 8 heteroatoms. The van der Waals surface area contributed by atoms with E-state index in [2.05, 4.69) is 16.9 Å². The molecule has 24 heavy (non-hydrogen) atoms. The van der Waals surface area contributed by atoms with Crippen LogP contribution in [0.4, 0.5) is 0 Å². The third-order valence-electron chi connectivity index (χ3n) is 4.41. The molecule has 1 saturated heterocycles. The quantitative estimate of drug-likeness (QED) is 0.742. The first-order valence-corrected chi connectivity index (χ1v) is 9.45. The molecule has 1 fully saturated rings. The number of ketones is 1. The number of nitrogens with zero attached hydrogens (tertiary/aromatic N) is 4. The van der Waals surface area contributed by atoms with Gasteiger partial charge in [-0.05, 0) is 26.1 Å². The second-order valence-electron chi connectivity index (χ2n) is 6.13. The highest BCUT2D eigenvalue weighted by atomic mass is 32.2. The van der Waals surface area contributed by atoms with Crippen LogP contribution in [0.1, 0.15) is 17.3 Å². The number of benzene rings is 1. The smallest absolute Gasteiger partial charge is 0.266 e. The van der Waals surface area contributed by atoms with Gasteiger partial charge in [-0.15, -0.1) is 0 Å². The van der Waals surface area contributed by atoms with Crippen LogP contribution in [0, 0.1) is 0 Å². The van der Waals surface area contributed by atoms with Crippen LogP contribution in [0.5, 0.6) is 0 Å². The Morgan fingerprint density at radius 2 is 1.67 bits per heavy atom. The lowest BCUT2D eigenvalue weighted by molar-refractivity contribution is 0.101. The summed E-state index contributed by atoms with van der Waals surface area (Å²) >= 11 is 0. The van der Waals surface area contributed by atoms with E-state index >= 15 is 0 Å². The van der Waals surface area contributed by atoms with Crippen LogP contribution in [-0.4, -0.2) is 80.6 Å². The zero-order valence-electron chi connectivity index (χ0n) is 14.0. The minimum absolute atomic E-state index is 0.0835. The summed E-state index contributed by atoms with van der Waals surface area (Å²) < 4.78 is 27.3. The number of hydrogen-bond acceptors (Lipinski definition) is 6. The monoisotopic (exact) mass is 350 g/mol. The Balaban J connectivity index is 1.83. The van der Waals surface area contributed by atoms with E-state index in [1.165, 1.54) is 23.4 Å². The first-order valence-electron chi connectivity index (χ1n) is 8.01. The van der Waals surface area contributed by atoms with Gasteiger partial charge in [-0.3, -0.25) is 9.79 Å². The number of likely N-dealkylation sites (N-methyl/N-ethyl adjacent to an activating group) is 1. The molecule has 3 rings (SSSR count). The Morgan fingerprint density at radius 3 is 2.25 bits per heavy atom. The van der Waals surface area contributed by atoms with Crippen LogP contribution in [0.25, 0.3) is 0 Å². The number of piperazine rings is 1. The van der Waals surface area contributed by atoms with Crippen LogP contribution in [0.3, 0.4) is 0 Å². The number of guanidine groups is 1. The molecule has 130 valence electrons. The Labute approximate surface area is 142 Å². The summed E-state index contributed by atoms with van der Waals surface area (Å²) in [6, 6.07) is 6.09. The molecular weight excluding hydrogens is 328 g/mol. The summed E-state index contributed by atoms with van der Waals surface area (Å²) in [6.07, 6.45) is 0. The van der Waals surface area contributed by atoms with Crippen molar-refractivity contribution in [2.45, 2.75) is 11.8 Å². The zero-order valence-corrected chi connectivity index (χ0v) is 14.8. The number of Topliss-reactive ketones (excluding diaryl/α,β-unsaturated/α-hetero) is 1. The van der Waals surface area contributed by atoms with Crippen molar-refractivity contribution < 1.29 is 13.2 Å². The van der Waals surface area contributed by atoms with E-state index in [9.17, 15) is 13.2 Å². The Hall–Kier alpha value is -1.93. The van der Waals surface area contributed by atoms with Gasteiger partial charge in [-0.25, -0.2) is 12.7 Å². The Morgan fingerprint density at radius 1 is 1.04 bits per heavy atom. The highest BCUT2D eigenvalue weighted by Gasteiger charge is 2.34. The van der Waals surface area contributed by atoms with Gasteiger partial charge in [0.15, 0.2) is 5.78 Å². The molecule has 0 saturated carbocycles. The van der Waals surface area contributed by atoms with Crippen molar-refractivity contribution in [1.29, 1.82) is 0 Å². The molecule has 0 spiro atoms. The average molecular weight is 350 g/mol. The summed E-state index contributed by atoms with van der Waals surface area (Å²) in [4.78, 5) is 20.2. The SMILES string of the molecule is CC(=O)c1ccc(S(=O)(=O)N2CCN=C2N2CCN(C)CC2)cc1. The number of carbonyl (C=O) groups is 1. The summed E-state index contributed by atoms with van der Waals surface area (Å²) in [7, 11) is -1.60. The maximum absolute atomic E-state index is 13.0. The number of hydrogen-bond donors (Lipinski definition) is 0. The third-order valence-corrected chi connectivity index (χ3v) is 6.21. The number of sulfonamides is 1. The number of aliphatic imine (C=N–C) groups is 1. The molecule has 0 aromatic heterocycles. The van der Waals surface area contributed by atoms with E-state index < -0.39 is 10.0 Å². The van der Waals surface area contributed by atoms with Gasteiger partial charge in [0.1, 0.15) is 0 Å². The lowest BCUT2D eigenvalue weighted by Gasteiger charge is -2.36. The van der Waals surface area contributed by atoms with Crippen LogP contribution < -0.4 is 0 Å². The lowest BCUT2D eigenvalue weighted by Crippen LogP contribution is -2.52. The van der Waals surface area contributed by atoms with E-state index in [-0.39, 0.29) is 10.7 Å². The molecule has 2 aliphatic heterocycles. The molecule has 0 N–H and O–H groups in total. The van der Waals surface area contributed by atoms with E-state index in [0.29, 0.717) is 24.6 Å². The molecule has 1 aromatic carbocycles. The molecule has 2 aliphatic rings. The van der Waals surface area contributed by atoms with Crippen molar-refractivity contribution in [3.8, 4) is 0 Å². The van der Waals surface area contributed by atoms with E-state index in [1.54, 1.807) is 12.1 Å². The largest absolute Gasteiger partial charge is 0.339 e. The summed E-state index contributed by atoms with van der Waals surface area (Å²) in [6.45, 7) is 5.61. The van der Waals surface area contributed by atoms with Gasteiger partial charge in [-0.1, -0.05) is 12.1 Å². The highest BCUT2D eigenvalue weighted by molar-refractivity contribution is 7.89. The van der Waals surface area contributed by atoms with Crippen molar-refractivity contribution in [1.82, 2.24) is 14.1 Å². The van der Waals surface area contributed by atoms with Gasteiger partial charge in [-0.2, -0.15) is 0 Å². The van der Waals surface area contributed by atoms with Crippen molar-refractivity contribution in [3.05, 3.63) is 29.8 Å². The Kier molecular flexibility index (Phi) is 4.60. The summed E-state index contributed by atoms with van der Waals surface area (Å²) in [5.74, 6) is 0.457. The number of rotatable bonds is 3. The molecule has 0 aliphatic carbocycles. The molecule has 0 atom stereocenters. The van der Waals surface area contributed by atoms with Crippen molar-refractivity contribution in [3.63, 3.8) is 0 Å². The summed E-state index contributed by atoms with van der Waals surface area (Å²) in [5, 5.41) is 0. The average Bonchev–Trinajstić information content (AvgIpc) is 3.06. The molecular formula is C16H22N4O3S. The second-order valence-corrected chi connectivity index (χ2v) is 7.99. The first-order chi connectivity index (χ1) is 11.4. The van der Waals surface area contributed by atoms with E-state index in [4.69, 9.17) is 0 Å².